The van der Waals surface area contributed by atoms with Gasteiger partial charge in [0.2, 0.25) is 0 Å². The van der Waals surface area contributed by atoms with Crippen LogP contribution in [0.1, 0.15) is 29.9 Å². The number of hydrogen-bond donors (Lipinski definition) is 1. The highest BCUT2D eigenvalue weighted by atomic mass is 19.4. The molecule has 2 rings (SSSR count). The maximum atomic E-state index is 11.9. The van der Waals surface area contributed by atoms with Crippen molar-refractivity contribution in [3.05, 3.63) is 35.4 Å². The van der Waals surface area contributed by atoms with E-state index in [2.05, 4.69) is 6.07 Å². The first-order valence-electron chi connectivity index (χ1n) is 5.46. The first kappa shape index (κ1) is 11.5. The highest BCUT2D eigenvalue weighted by molar-refractivity contribution is 5.34. The summed E-state index contributed by atoms with van der Waals surface area (Å²) < 4.78 is 35.7. The number of halogens is 3. The molecular weight excluding hydrogens is 215 g/mol. The maximum absolute atomic E-state index is 11.9. The van der Waals surface area contributed by atoms with Crippen molar-refractivity contribution in [2.75, 3.05) is 6.54 Å². The molecule has 1 aromatic rings. The summed E-state index contributed by atoms with van der Waals surface area (Å²) >= 11 is 0. The van der Waals surface area contributed by atoms with Gasteiger partial charge in [0.1, 0.15) is 0 Å². The molecule has 1 aromatic carbocycles. The van der Waals surface area contributed by atoms with Crippen LogP contribution in [0.5, 0.6) is 0 Å². The van der Waals surface area contributed by atoms with Crippen molar-refractivity contribution in [2.24, 2.45) is 0 Å². The number of rotatable bonds is 3. The number of fused-ring (bicyclic) bond motifs is 1. The minimum Gasteiger partial charge on any atom is -0.228 e. The van der Waals surface area contributed by atoms with Crippen molar-refractivity contribution in [2.45, 2.75) is 31.5 Å². The molecule has 0 heterocycles. The van der Waals surface area contributed by atoms with Gasteiger partial charge in [-0.15, -0.1) is 0 Å². The summed E-state index contributed by atoms with van der Waals surface area (Å²) in [5, 5.41) is 1.58. The number of alkyl halides is 3. The van der Waals surface area contributed by atoms with E-state index in [9.17, 15) is 13.2 Å². The molecule has 88 valence electrons. The van der Waals surface area contributed by atoms with Crippen LogP contribution < -0.4 is 5.32 Å². The third-order valence-corrected chi connectivity index (χ3v) is 3.08. The van der Waals surface area contributed by atoms with E-state index in [1.807, 2.05) is 18.2 Å². The first-order valence-corrected chi connectivity index (χ1v) is 5.46. The number of nitrogens with one attached hydrogen (secondary N) is 1. The molecule has 0 saturated carbocycles. The molecule has 0 fully saturated rings. The third kappa shape index (κ3) is 2.76. The van der Waals surface area contributed by atoms with Crippen LogP contribution >= 0.6 is 0 Å². The molecule has 0 aliphatic heterocycles. The fourth-order valence-corrected chi connectivity index (χ4v) is 2.33. The summed E-state index contributed by atoms with van der Waals surface area (Å²) in [5.41, 5.74) is 2.52. The molecule has 0 bridgehead atoms. The van der Waals surface area contributed by atoms with E-state index in [-0.39, 0.29) is 12.5 Å². The van der Waals surface area contributed by atoms with Crippen LogP contribution in [-0.4, -0.2) is 12.8 Å². The molecule has 1 unspecified atom stereocenters. The van der Waals surface area contributed by atoms with Gasteiger partial charge in [0.15, 0.2) is 0 Å². The minimum absolute atomic E-state index is 0.00248. The largest absolute Gasteiger partial charge is 0.457 e. The second-order valence-electron chi connectivity index (χ2n) is 4.15. The fourth-order valence-electron chi connectivity index (χ4n) is 2.33. The molecule has 0 radical (unpaired) electrons. The normalized spacial score (nSPS) is 19.8. The van der Waals surface area contributed by atoms with E-state index in [4.69, 9.17) is 0 Å². The van der Waals surface area contributed by atoms with Crippen LogP contribution in [-0.2, 0) is 6.42 Å². The van der Waals surface area contributed by atoms with E-state index in [0.29, 0.717) is 6.42 Å². The van der Waals surface area contributed by atoms with Crippen LogP contribution in [0.2, 0.25) is 0 Å². The Morgan fingerprint density at radius 1 is 1.25 bits per heavy atom. The smallest absolute Gasteiger partial charge is 0.228 e. The van der Waals surface area contributed by atoms with Crippen molar-refractivity contribution in [3.8, 4) is 0 Å². The van der Waals surface area contributed by atoms with E-state index in [1.54, 1.807) is 5.32 Å². The first-order chi connectivity index (χ1) is 7.56. The molecule has 1 aliphatic carbocycles. The lowest BCUT2D eigenvalue weighted by atomic mass is 9.98. The van der Waals surface area contributed by atoms with Gasteiger partial charge < -0.3 is 0 Å². The Morgan fingerprint density at radius 2 is 2.00 bits per heavy atom. The number of aryl methyl sites for hydroxylation is 1. The Morgan fingerprint density at radius 3 is 2.75 bits per heavy atom. The van der Waals surface area contributed by atoms with Crippen molar-refractivity contribution in [1.82, 2.24) is 5.32 Å². The van der Waals surface area contributed by atoms with Crippen LogP contribution in [0.3, 0.4) is 0 Å². The summed E-state index contributed by atoms with van der Waals surface area (Å²) in [7, 11) is 0. The Bertz CT molecular complexity index is 360. The highest BCUT2D eigenvalue weighted by Crippen LogP contribution is 2.34. The van der Waals surface area contributed by atoms with Gasteiger partial charge >= 0.3 is 6.30 Å². The van der Waals surface area contributed by atoms with Crippen molar-refractivity contribution in [1.29, 1.82) is 0 Å². The summed E-state index contributed by atoms with van der Waals surface area (Å²) in [6, 6.07) is 8.02. The highest BCUT2D eigenvalue weighted by Gasteiger charge is 2.27. The van der Waals surface area contributed by atoms with Gasteiger partial charge in [-0.25, -0.2) is 5.32 Å². The molecule has 0 amide bonds. The Kier molecular flexibility index (Phi) is 3.19. The lowest BCUT2D eigenvalue weighted by molar-refractivity contribution is -0.156. The predicted molar refractivity (Wildman–Crippen MR) is 56.2 cm³/mol. The van der Waals surface area contributed by atoms with E-state index < -0.39 is 6.30 Å². The van der Waals surface area contributed by atoms with Crippen molar-refractivity contribution in [3.63, 3.8) is 0 Å². The Hall–Kier alpha value is -1.03. The molecule has 1 nitrogen and oxygen atoms in total. The van der Waals surface area contributed by atoms with E-state index >= 15 is 0 Å². The zero-order chi connectivity index (χ0) is 11.6. The van der Waals surface area contributed by atoms with E-state index in [0.717, 1.165) is 12.8 Å². The van der Waals surface area contributed by atoms with Gasteiger partial charge in [-0.2, -0.15) is 13.2 Å². The van der Waals surface area contributed by atoms with Crippen LogP contribution in [0.15, 0.2) is 24.3 Å². The molecule has 4 heteroatoms. The van der Waals surface area contributed by atoms with Crippen molar-refractivity contribution >= 4 is 0 Å². The SMILES string of the molecule is FC(F)(F)NCCC1CCc2ccccc21. The van der Waals surface area contributed by atoms with Gasteiger partial charge in [-0.3, -0.25) is 0 Å². The second kappa shape index (κ2) is 4.45. The third-order valence-electron chi connectivity index (χ3n) is 3.08. The molecular formula is C12H14F3N. The lowest BCUT2D eigenvalue weighted by Crippen LogP contribution is -2.32. The molecule has 16 heavy (non-hydrogen) atoms. The summed E-state index contributed by atoms with van der Waals surface area (Å²) in [6.45, 7) is 0.00248. The van der Waals surface area contributed by atoms with Gasteiger partial charge in [-0.1, -0.05) is 24.3 Å². The minimum atomic E-state index is -4.25. The van der Waals surface area contributed by atoms with Crippen LogP contribution in [0, 0.1) is 0 Å². The zero-order valence-corrected chi connectivity index (χ0v) is 8.85. The van der Waals surface area contributed by atoms with Gasteiger partial charge in [0, 0.05) is 6.54 Å². The zero-order valence-electron chi connectivity index (χ0n) is 8.85. The molecule has 1 aliphatic rings. The molecule has 1 N–H and O–H groups in total. The predicted octanol–water partition coefficient (Wildman–Crippen LogP) is 3.22. The van der Waals surface area contributed by atoms with Gasteiger partial charge in [-0.05, 0) is 36.3 Å². The Balaban J connectivity index is 1.89. The lowest BCUT2D eigenvalue weighted by Gasteiger charge is -2.13. The monoisotopic (exact) mass is 229 g/mol. The maximum Gasteiger partial charge on any atom is 0.457 e. The summed E-state index contributed by atoms with van der Waals surface area (Å²) in [4.78, 5) is 0. The number of hydrogen-bond acceptors (Lipinski definition) is 1. The second-order valence-corrected chi connectivity index (χ2v) is 4.15. The van der Waals surface area contributed by atoms with Crippen molar-refractivity contribution < 1.29 is 13.2 Å². The quantitative estimate of drug-likeness (QED) is 0.785. The average Bonchev–Trinajstić information content (AvgIpc) is 2.60. The van der Waals surface area contributed by atoms with Crippen LogP contribution in [0.4, 0.5) is 13.2 Å². The van der Waals surface area contributed by atoms with Gasteiger partial charge in [0.05, 0.1) is 0 Å². The summed E-state index contributed by atoms with van der Waals surface area (Å²) in [6.07, 6.45) is -1.74. The Labute approximate surface area is 92.7 Å². The molecule has 1 atom stereocenters. The van der Waals surface area contributed by atoms with Crippen LogP contribution in [0.25, 0.3) is 0 Å². The topological polar surface area (TPSA) is 12.0 Å². The standard InChI is InChI=1S/C12H14F3N/c13-12(14,15)16-8-7-10-6-5-9-3-1-2-4-11(9)10/h1-4,10,16H,5-8H2. The molecule has 0 saturated heterocycles. The van der Waals surface area contributed by atoms with Gasteiger partial charge in [0.25, 0.3) is 0 Å². The summed E-state index contributed by atoms with van der Waals surface area (Å²) in [5.74, 6) is 0.283. The molecule has 0 spiro atoms. The fraction of sp³-hybridized carbons (Fsp3) is 0.500. The number of benzene rings is 1. The molecule has 0 aromatic heterocycles. The average molecular weight is 229 g/mol. The van der Waals surface area contributed by atoms with E-state index in [1.165, 1.54) is 11.1 Å².